The van der Waals surface area contributed by atoms with Crippen LogP contribution in [0.3, 0.4) is 0 Å². The lowest BCUT2D eigenvalue weighted by Gasteiger charge is -2.28. The van der Waals surface area contributed by atoms with E-state index in [1.807, 2.05) is 12.1 Å². The predicted molar refractivity (Wildman–Crippen MR) is 251 cm³/mol. The molecule has 0 saturated carbocycles. The molecule has 9 aromatic carbocycles. The highest BCUT2D eigenvalue weighted by atomic mass is 16.3. The highest BCUT2D eigenvalue weighted by Crippen LogP contribution is 2.52. The van der Waals surface area contributed by atoms with Gasteiger partial charge < -0.3 is 13.9 Å². The third-order valence-corrected chi connectivity index (χ3v) is 12.8. The van der Waals surface area contributed by atoms with Crippen LogP contribution in [0.1, 0.15) is 25.0 Å². The molecule has 2 aromatic heterocycles. The number of anilines is 3. The van der Waals surface area contributed by atoms with Gasteiger partial charge in [-0.2, -0.15) is 0 Å². The van der Waals surface area contributed by atoms with E-state index in [9.17, 15) is 0 Å². The van der Waals surface area contributed by atoms with Gasteiger partial charge in [0.2, 0.25) is 0 Å². The van der Waals surface area contributed by atoms with Crippen LogP contribution in [0.5, 0.6) is 0 Å². The van der Waals surface area contributed by atoms with E-state index in [2.05, 4.69) is 217 Å². The Kier molecular flexibility index (Phi) is 7.58. The molecular formula is C57H40N2O. The van der Waals surface area contributed by atoms with Crippen LogP contribution in [-0.2, 0) is 5.41 Å². The first-order valence-corrected chi connectivity index (χ1v) is 20.7. The number of furan rings is 1. The molecule has 0 aliphatic heterocycles. The van der Waals surface area contributed by atoms with Crippen LogP contribution in [-0.4, -0.2) is 4.57 Å². The molecule has 0 fully saturated rings. The average Bonchev–Trinajstić information content (AvgIpc) is 3.92. The first kappa shape index (κ1) is 34.4. The minimum Gasteiger partial charge on any atom is -0.456 e. The quantitative estimate of drug-likeness (QED) is 0.168. The van der Waals surface area contributed by atoms with E-state index in [0.717, 1.165) is 39.0 Å². The summed E-state index contributed by atoms with van der Waals surface area (Å²) < 4.78 is 8.66. The van der Waals surface area contributed by atoms with Crippen LogP contribution < -0.4 is 4.90 Å². The number of aromatic nitrogens is 1. The topological polar surface area (TPSA) is 21.3 Å². The Hall–Kier alpha value is -7.62. The van der Waals surface area contributed by atoms with E-state index in [4.69, 9.17) is 4.42 Å². The van der Waals surface area contributed by atoms with E-state index in [1.165, 1.54) is 72.0 Å². The molecule has 11 aromatic rings. The molecule has 0 atom stereocenters. The molecule has 0 radical (unpaired) electrons. The summed E-state index contributed by atoms with van der Waals surface area (Å²) in [6.07, 6.45) is 0. The Labute approximate surface area is 349 Å². The second-order valence-electron chi connectivity index (χ2n) is 16.6. The molecule has 12 rings (SSSR count). The van der Waals surface area contributed by atoms with Crippen molar-refractivity contribution < 1.29 is 4.42 Å². The predicted octanol–water partition coefficient (Wildman–Crippen LogP) is 15.8. The third kappa shape index (κ3) is 5.29. The molecule has 3 nitrogen and oxygen atoms in total. The summed E-state index contributed by atoms with van der Waals surface area (Å²) in [4.78, 5) is 2.40. The average molecular weight is 769 g/mol. The van der Waals surface area contributed by atoms with E-state index in [0.29, 0.717) is 0 Å². The van der Waals surface area contributed by atoms with Crippen molar-refractivity contribution in [1.82, 2.24) is 4.57 Å². The summed E-state index contributed by atoms with van der Waals surface area (Å²) in [7, 11) is 0. The van der Waals surface area contributed by atoms with Crippen molar-refractivity contribution in [2.24, 2.45) is 0 Å². The number of hydrogen-bond donors (Lipinski definition) is 0. The SMILES string of the molecule is CC1(C)c2cc(-c3ccccc3)ccc2-c2ccc(N(c3ccc(-c4ccc5c(c4)c4ccccc4n5-c4ccccc4)cc3)c3ccc4oc5ccccc5c4c3)cc21. The summed E-state index contributed by atoms with van der Waals surface area (Å²) >= 11 is 0. The van der Waals surface area contributed by atoms with Gasteiger partial charge in [0, 0.05) is 49.7 Å². The zero-order valence-corrected chi connectivity index (χ0v) is 33.4. The van der Waals surface area contributed by atoms with Crippen LogP contribution >= 0.6 is 0 Å². The van der Waals surface area contributed by atoms with E-state index < -0.39 is 0 Å². The number of para-hydroxylation sites is 3. The van der Waals surface area contributed by atoms with Gasteiger partial charge in [-0.25, -0.2) is 0 Å². The number of benzene rings is 9. The van der Waals surface area contributed by atoms with Crippen molar-refractivity contribution in [1.29, 1.82) is 0 Å². The molecule has 0 spiro atoms. The molecule has 1 aliphatic rings. The van der Waals surface area contributed by atoms with Gasteiger partial charge in [0.15, 0.2) is 0 Å². The fraction of sp³-hybridized carbons (Fsp3) is 0.0526. The molecule has 60 heavy (non-hydrogen) atoms. The fourth-order valence-electron chi connectivity index (χ4n) is 9.79. The highest BCUT2D eigenvalue weighted by Gasteiger charge is 2.36. The lowest BCUT2D eigenvalue weighted by Crippen LogP contribution is -2.16. The summed E-state index contributed by atoms with van der Waals surface area (Å²) in [6.45, 7) is 4.74. The zero-order chi connectivity index (χ0) is 40.0. The number of hydrogen-bond acceptors (Lipinski definition) is 2. The molecule has 2 heterocycles. The minimum absolute atomic E-state index is 0.187. The van der Waals surface area contributed by atoms with Crippen LogP contribution in [0.4, 0.5) is 17.1 Å². The Bertz CT molecular complexity index is 3450. The maximum atomic E-state index is 6.29. The maximum Gasteiger partial charge on any atom is 0.135 e. The van der Waals surface area contributed by atoms with Gasteiger partial charge in [0.25, 0.3) is 0 Å². The van der Waals surface area contributed by atoms with E-state index >= 15 is 0 Å². The zero-order valence-electron chi connectivity index (χ0n) is 33.4. The molecule has 1 aliphatic carbocycles. The lowest BCUT2D eigenvalue weighted by atomic mass is 9.81. The fourth-order valence-corrected chi connectivity index (χ4v) is 9.79. The van der Waals surface area contributed by atoms with Crippen molar-refractivity contribution in [2.45, 2.75) is 19.3 Å². The second-order valence-corrected chi connectivity index (χ2v) is 16.6. The number of rotatable bonds is 6. The van der Waals surface area contributed by atoms with Gasteiger partial charge in [-0.05, 0) is 129 Å². The Morgan fingerprint density at radius 1 is 0.383 bits per heavy atom. The standard InChI is InChI=1S/C57H40N2O/c1-57(2)51-34-40(37-13-5-3-6-14-37)23-29-45(51)46-30-27-44(36-52(46)57)58(43-28-32-56-50(35-43)48-18-10-12-20-55(48)60-56)42-25-21-38(22-26-42)39-24-31-54-49(33-39)47-17-9-11-19-53(47)59(54)41-15-7-4-8-16-41/h3-36H,1-2H3. The maximum absolute atomic E-state index is 6.29. The van der Waals surface area contributed by atoms with Gasteiger partial charge in [-0.15, -0.1) is 0 Å². The molecule has 3 heteroatoms. The van der Waals surface area contributed by atoms with Crippen LogP contribution in [0.25, 0.3) is 82.8 Å². The monoisotopic (exact) mass is 768 g/mol. The highest BCUT2D eigenvalue weighted by molar-refractivity contribution is 6.11. The van der Waals surface area contributed by atoms with E-state index in [1.54, 1.807) is 0 Å². The van der Waals surface area contributed by atoms with Gasteiger partial charge >= 0.3 is 0 Å². The first-order valence-electron chi connectivity index (χ1n) is 20.7. The number of nitrogens with zero attached hydrogens (tertiary/aromatic N) is 2. The van der Waals surface area contributed by atoms with Gasteiger partial charge in [-0.1, -0.05) is 135 Å². The van der Waals surface area contributed by atoms with Crippen molar-refractivity contribution in [3.05, 3.63) is 217 Å². The molecular weight excluding hydrogens is 729 g/mol. The smallest absolute Gasteiger partial charge is 0.135 e. The summed E-state index contributed by atoms with van der Waals surface area (Å²) in [5, 5.41) is 4.72. The van der Waals surface area contributed by atoms with E-state index in [-0.39, 0.29) is 5.41 Å². The number of fused-ring (bicyclic) bond motifs is 9. The largest absolute Gasteiger partial charge is 0.456 e. The van der Waals surface area contributed by atoms with Gasteiger partial charge in [-0.3, -0.25) is 0 Å². The molecule has 0 unspecified atom stereocenters. The summed E-state index contributed by atoms with van der Waals surface area (Å²) in [6, 6.07) is 74.9. The molecule has 0 N–H and O–H groups in total. The summed E-state index contributed by atoms with van der Waals surface area (Å²) in [5.41, 5.74) is 18.6. The molecule has 0 bridgehead atoms. The minimum atomic E-state index is -0.187. The van der Waals surface area contributed by atoms with Gasteiger partial charge in [0.05, 0.1) is 11.0 Å². The third-order valence-electron chi connectivity index (χ3n) is 12.8. The molecule has 284 valence electrons. The Morgan fingerprint density at radius 2 is 0.933 bits per heavy atom. The molecule has 0 amide bonds. The normalized spacial score (nSPS) is 13.0. The Balaban J connectivity index is 0.978. The van der Waals surface area contributed by atoms with Crippen LogP contribution in [0.15, 0.2) is 211 Å². The summed E-state index contributed by atoms with van der Waals surface area (Å²) in [5.74, 6) is 0. The van der Waals surface area contributed by atoms with Crippen molar-refractivity contribution in [3.8, 4) is 39.1 Å². The second kappa shape index (κ2) is 13.2. The van der Waals surface area contributed by atoms with Crippen LogP contribution in [0.2, 0.25) is 0 Å². The lowest BCUT2D eigenvalue weighted by molar-refractivity contribution is 0.660. The van der Waals surface area contributed by atoms with Gasteiger partial charge in [0.1, 0.15) is 11.2 Å². The Morgan fingerprint density at radius 3 is 1.75 bits per heavy atom. The molecule has 0 saturated heterocycles. The van der Waals surface area contributed by atoms with Crippen molar-refractivity contribution in [2.75, 3.05) is 4.90 Å². The van der Waals surface area contributed by atoms with Crippen molar-refractivity contribution >= 4 is 60.8 Å². The van der Waals surface area contributed by atoms with Crippen LogP contribution in [0, 0.1) is 0 Å². The van der Waals surface area contributed by atoms with Crippen molar-refractivity contribution in [3.63, 3.8) is 0 Å². The first-order chi connectivity index (χ1) is 29.5.